The van der Waals surface area contributed by atoms with E-state index < -0.39 is 12.0 Å². The Bertz CT molecular complexity index is 1050. The Kier molecular flexibility index (Phi) is 9.20. The van der Waals surface area contributed by atoms with Crippen LogP contribution in [0.15, 0.2) is 48.5 Å². The van der Waals surface area contributed by atoms with E-state index in [-0.39, 0.29) is 11.8 Å². The molecule has 0 aromatic heterocycles. The number of rotatable bonds is 8. The van der Waals surface area contributed by atoms with E-state index in [1.165, 1.54) is 52.1 Å². The van der Waals surface area contributed by atoms with Gasteiger partial charge in [0.25, 0.3) is 5.91 Å². The normalized spacial score (nSPS) is 21.0. The molecule has 0 bridgehead atoms. The number of hydrogen-bond donors (Lipinski definition) is 3. The predicted molar refractivity (Wildman–Crippen MR) is 145 cm³/mol. The highest BCUT2D eigenvalue weighted by Crippen LogP contribution is 2.41. The number of nitrogens with two attached hydrogens (primary N) is 1. The largest absolute Gasteiger partial charge is 0.465 e. The van der Waals surface area contributed by atoms with Crippen LogP contribution >= 0.6 is 0 Å². The molecule has 1 atom stereocenters. The lowest BCUT2D eigenvalue weighted by molar-refractivity contribution is -0.118. The van der Waals surface area contributed by atoms with Gasteiger partial charge in [0, 0.05) is 16.9 Å². The number of methoxy groups -OCH3 is 1. The number of amides is 2. The molecule has 2 saturated carbocycles. The summed E-state index contributed by atoms with van der Waals surface area (Å²) >= 11 is 0. The maximum Gasteiger partial charge on any atom is 0.337 e. The van der Waals surface area contributed by atoms with E-state index >= 15 is 0 Å². The van der Waals surface area contributed by atoms with Gasteiger partial charge in [-0.3, -0.25) is 9.59 Å². The van der Waals surface area contributed by atoms with Crippen LogP contribution in [0.2, 0.25) is 0 Å². The SMILES string of the molecule is COC(=O)c1ccc(C(=O)N[C@H](CC2CCC(C3CCCCC3)CC2)C(=O)Nc2ccc(N)cc2)cc1. The summed E-state index contributed by atoms with van der Waals surface area (Å²) in [7, 11) is 1.32. The summed E-state index contributed by atoms with van der Waals surface area (Å²) in [5.41, 5.74) is 7.79. The summed E-state index contributed by atoms with van der Waals surface area (Å²) in [6.45, 7) is 0. The Morgan fingerprint density at radius 1 is 0.838 bits per heavy atom. The van der Waals surface area contributed by atoms with Crippen LogP contribution in [0.3, 0.4) is 0 Å². The minimum atomic E-state index is -0.665. The van der Waals surface area contributed by atoms with Crippen molar-refractivity contribution in [2.24, 2.45) is 17.8 Å². The lowest BCUT2D eigenvalue weighted by Gasteiger charge is -2.36. The zero-order valence-electron chi connectivity index (χ0n) is 21.7. The molecule has 0 heterocycles. The van der Waals surface area contributed by atoms with E-state index in [2.05, 4.69) is 10.6 Å². The third-order valence-electron chi connectivity index (χ3n) is 8.15. The molecule has 0 saturated heterocycles. The molecule has 2 aromatic carbocycles. The lowest BCUT2D eigenvalue weighted by Crippen LogP contribution is -2.45. The molecular formula is C30H39N3O4. The minimum absolute atomic E-state index is 0.237. The van der Waals surface area contributed by atoms with E-state index in [1.54, 1.807) is 48.5 Å². The third-order valence-corrected chi connectivity index (χ3v) is 8.15. The fourth-order valence-corrected chi connectivity index (χ4v) is 5.98. The third kappa shape index (κ3) is 7.34. The van der Waals surface area contributed by atoms with Crippen LogP contribution in [0.25, 0.3) is 0 Å². The van der Waals surface area contributed by atoms with Gasteiger partial charge in [0.05, 0.1) is 12.7 Å². The number of carbonyl (C=O) groups is 3. The summed E-state index contributed by atoms with van der Waals surface area (Å²) in [5, 5.41) is 5.89. The molecule has 2 aliphatic carbocycles. The highest BCUT2D eigenvalue weighted by Gasteiger charge is 2.32. The van der Waals surface area contributed by atoms with Crippen molar-refractivity contribution in [1.29, 1.82) is 0 Å². The second-order valence-corrected chi connectivity index (χ2v) is 10.6. The van der Waals surface area contributed by atoms with E-state index in [0.29, 0.717) is 34.8 Å². The number of nitrogen functional groups attached to an aromatic ring is 1. The van der Waals surface area contributed by atoms with Crippen molar-refractivity contribution in [3.05, 3.63) is 59.7 Å². The highest BCUT2D eigenvalue weighted by atomic mass is 16.5. The quantitative estimate of drug-likeness (QED) is 0.321. The molecule has 0 radical (unpaired) electrons. The molecule has 4 rings (SSSR count). The van der Waals surface area contributed by atoms with Gasteiger partial charge < -0.3 is 21.1 Å². The molecule has 37 heavy (non-hydrogen) atoms. The number of ether oxygens (including phenoxy) is 1. The van der Waals surface area contributed by atoms with Gasteiger partial charge in [-0.1, -0.05) is 44.9 Å². The molecule has 7 nitrogen and oxygen atoms in total. The average molecular weight is 506 g/mol. The Morgan fingerprint density at radius 3 is 2.05 bits per heavy atom. The van der Waals surface area contributed by atoms with Crippen LogP contribution in [0.5, 0.6) is 0 Å². The van der Waals surface area contributed by atoms with E-state index in [4.69, 9.17) is 10.5 Å². The predicted octanol–water partition coefficient (Wildman–Crippen LogP) is 5.57. The summed E-state index contributed by atoms with van der Waals surface area (Å²) in [5.74, 6) is 1.03. The van der Waals surface area contributed by atoms with Crippen LogP contribution in [-0.2, 0) is 9.53 Å². The number of anilines is 2. The Balaban J connectivity index is 1.41. The zero-order chi connectivity index (χ0) is 26.2. The van der Waals surface area contributed by atoms with Crippen LogP contribution in [0.1, 0.15) is 84.9 Å². The van der Waals surface area contributed by atoms with Crippen LogP contribution in [0, 0.1) is 17.8 Å². The van der Waals surface area contributed by atoms with Gasteiger partial charge in [-0.15, -0.1) is 0 Å². The van der Waals surface area contributed by atoms with Crippen LogP contribution < -0.4 is 16.4 Å². The first kappa shape index (κ1) is 26.7. The Hall–Kier alpha value is -3.35. The van der Waals surface area contributed by atoms with Crippen molar-refractivity contribution in [2.75, 3.05) is 18.2 Å². The van der Waals surface area contributed by atoms with Crippen molar-refractivity contribution in [3.63, 3.8) is 0 Å². The topological polar surface area (TPSA) is 111 Å². The average Bonchev–Trinajstić information content (AvgIpc) is 2.94. The standard InChI is InChI=1S/C30H39N3O4/c1-37-30(36)24-13-11-23(12-14-24)28(34)33-27(29(35)32-26-17-15-25(31)16-18-26)19-20-7-9-22(10-8-20)21-5-3-2-4-6-21/h11-18,20-22,27H,2-10,19,31H2,1H3,(H,32,35)(H,33,34)/t20?,22?,27-/m1/s1. The van der Waals surface area contributed by atoms with Gasteiger partial charge in [0.1, 0.15) is 6.04 Å². The molecule has 0 unspecified atom stereocenters. The van der Waals surface area contributed by atoms with Gasteiger partial charge in [0.15, 0.2) is 0 Å². The zero-order valence-corrected chi connectivity index (χ0v) is 21.7. The molecule has 2 aromatic rings. The number of hydrogen-bond acceptors (Lipinski definition) is 5. The van der Waals surface area contributed by atoms with Crippen molar-refractivity contribution >= 4 is 29.2 Å². The second kappa shape index (κ2) is 12.7. The fourth-order valence-electron chi connectivity index (χ4n) is 5.98. The van der Waals surface area contributed by atoms with Gasteiger partial charge in [-0.25, -0.2) is 4.79 Å². The van der Waals surface area contributed by atoms with E-state index in [0.717, 1.165) is 24.7 Å². The van der Waals surface area contributed by atoms with E-state index in [9.17, 15) is 14.4 Å². The fraction of sp³-hybridized carbons (Fsp3) is 0.500. The monoisotopic (exact) mass is 505 g/mol. The molecule has 0 aliphatic heterocycles. The molecule has 198 valence electrons. The Morgan fingerprint density at radius 2 is 1.43 bits per heavy atom. The van der Waals surface area contributed by atoms with Crippen molar-refractivity contribution < 1.29 is 19.1 Å². The van der Waals surface area contributed by atoms with Crippen molar-refractivity contribution in [1.82, 2.24) is 5.32 Å². The molecular weight excluding hydrogens is 466 g/mol. The summed E-state index contributed by atoms with van der Waals surface area (Å²) < 4.78 is 4.73. The van der Waals surface area contributed by atoms with E-state index in [1.807, 2.05) is 0 Å². The molecule has 2 aliphatic rings. The first-order valence-electron chi connectivity index (χ1n) is 13.6. The first-order chi connectivity index (χ1) is 17.9. The van der Waals surface area contributed by atoms with Crippen molar-refractivity contribution in [3.8, 4) is 0 Å². The minimum Gasteiger partial charge on any atom is -0.465 e. The lowest BCUT2D eigenvalue weighted by atomic mass is 9.70. The second-order valence-electron chi connectivity index (χ2n) is 10.6. The number of carbonyl (C=O) groups excluding carboxylic acids is 3. The Labute approximate surface area is 219 Å². The maximum atomic E-state index is 13.3. The molecule has 2 amide bonds. The van der Waals surface area contributed by atoms with Gasteiger partial charge in [0.2, 0.25) is 5.91 Å². The van der Waals surface area contributed by atoms with Gasteiger partial charge in [-0.05, 0) is 85.5 Å². The first-order valence-corrected chi connectivity index (χ1v) is 13.6. The number of esters is 1. The van der Waals surface area contributed by atoms with Crippen molar-refractivity contribution in [2.45, 2.75) is 70.3 Å². The summed E-state index contributed by atoms with van der Waals surface area (Å²) in [6.07, 6.45) is 12.1. The highest BCUT2D eigenvalue weighted by molar-refractivity contribution is 6.01. The number of nitrogens with one attached hydrogen (secondary N) is 2. The molecule has 2 fully saturated rings. The molecule has 7 heteroatoms. The van der Waals surface area contributed by atoms with Gasteiger partial charge >= 0.3 is 5.97 Å². The molecule has 0 spiro atoms. The molecule has 4 N–H and O–H groups in total. The van der Waals surface area contributed by atoms with Crippen LogP contribution in [0.4, 0.5) is 11.4 Å². The summed E-state index contributed by atoms with van der Waals surface area (Å²) in [4.78, 5) is 38.1. The van der Waals surface area contributed by atoms with Gasteiger partial charge in [-0.2, -0.15) is 0 Å². The smallest absolute Gasteiger partial charge is 0.337 e. The number of benzene rings is 2. The maximum absolute atomic E-state index is 13.3. The van der Waals surface area contributed by atoms with Crippen LogP contribution in [-0.4, -0.2) is 30.9 Å². The summed E-state index contributed by atoms with van der Waals surface area (Å²) in [6, 6.07) is 12.6.